The van der Waals surface area contributed by atoms with Crippen LogP contribution in [0.3, 0.4) is 0 Å². The largest absolute Gasteiger partial charge is 0.497 e. The fourth-order valence-electron chi connectivity index (χ4n) is 2.20. The lowest BCUT2D eigenvalue weighted by Crippen LogP contribution is -1.94. The molecule has 1 aromatic heterocycles. The first-order chi connectivity index (χ1) is 12.7. The molecule has 0 saturated heterocycles. The van der Waals surface area contributed by atoms with Crippen LogP contribution in [0.2, 0.25) is 0 Å². The third-order valence-corrected chi connectivity index (χ3v) is 3.50. The SMILES string of the molecule is COc1ccc(-c2nc(CO/N=C/c3ccccc3[N+](=O)[O-])co2)cc1. The van der Waals surface area contributed by atoms with Crippen LogP contribution in [-0.4, -0.2) is 23.2 Å². The van der Waals surface area contributed by atoms with Gasteiger partial charge in [-0.05, 0) is 30.3 Å². The summed E-state index contributed by atoms with van der Waals surface area (Å²) in [7, 11) is 1.60. The number of para-hydroxylation sites is 1. The van der Waals surface area contributed by atoms with Crippen LogP contribution in [0, 0.1) is 10.1 Å². The molecule has 8 heteroatoms. The van der Waals surface area contributed by atoms with Crippen molar-refractivity contribution < 1.29 is 18.9 Å². The van der Waals surface area contributed by atoms with Crippen molar-refractivity contribution in [3.8, 4) is 17.2 Å². The smallest absolute Gasteiger partial charge is 0.278 e. The molecule has 0 unspecified atom stereocenters. The van der Waals surface area contributed by atoms with Gasteiger partial charge in [0.15, 0.2) is 6.61 Å². The van der Waals surface area contributed by atoms with Crippen molar-refractivity contribution in [2.45, 2.75) is 6.61 Å². The molecule has 0 bridgehead atoms. The molecule has 8 nitrogen and oxygen atoms in total. The molecule has 1 heterocycles. The van der Waals surface area contributed by atoms with Gasteiger partial charge in [0.05, 0.1) is 23.8 Å². The Bertz CT molecular complexity index is 919. The lowest BCUT2D eigenvalue weighted by Gasteiger charge is -1.99. The third kappa shape index (κ3) is 4.04. The maximum Gasteiger partial charge on any atom is 0.278 e. The number of ether oxygens (including phenoxy) is 1. The van der Waals surface area contributed by atoms with Crippen LogP contribution in [0.15, 0.2) is 64.4 Å². The summed E-state index contributed by atoms with van der Waals surface area (Å²) in [4.78, 5) is 19.9. The summed E-state index contributed by atoms with van der Waals surface area (Å²) in [6.07, 6.45) is 2.77. The van der Waals surface area contributed by atoms with E-state index in [0.29, 0.717) is 17.1 Å². The molecule has 0 spiro atoms. The average molecular weight is 353 g/mol. The summed E-state index contributed by atoms with van der Waals surface area (Å²) >= 11 is 0. The van der Waals surface area contributed by atoms with Crippen LogP contribution in [0.5, 0.6) is 5.75 Å². The fourth-order valence-corrected chi connectivity index (χ4v) is 2.20. The first-order valence-corrected chi connectivity index (χ1v) is 7.65. The van der Waals surface area contributed by atoms with Crippen LogP contribution in [0.4, 0.5) is 5.69 Å². The monoisotopic (exact) mass is 353 g/mol. The molecule has 3 rings (SSSR count). The molecule has 0 fully saturated rings. The van der Waals surface area contributed by atoms with E-state index >= 15 is 0 Å². The summed E-state index contributed by atoms with van der Waals surface area (Å²) in [5.41, 5.74) is 1.68. The van der Waals surface area contributed by atoms with E-state index in [4.69, 9.17) is 14.0 Å². The lowest BCUT2D eigenvalue weighted by molar-refractivity contribution is -0.385. The Balaban J connectivity index is 1.61. The highest BCUT2D eigenvalue weighted by Gasteiger charge is 2.10. The standard InChI is InChI=1S/C18H15N3O5/c1-24-16-8-6-13(7-9-16)18-20-15(11-25-18)12-26-19-10-14-4-2-3-5-17(14)21(22)23/h2-11H,12H2,1H3/b19-10+. The van der Waals surface area contributed by atoms with Gasteiger partial charge in [-0.1, -0.05) is 17.3 Å². The van der Waals surface area contributed by atoms with E-state index < -0.39 is 4.92 Å². The molecule has 2 aromatic carbocycles. The minimum atomic E-state index is -0.472. The van der Waals surface area contributed by atoms with E-state index in [2.05, 4.69) is 10.1 Å². The van der Waals surface area contributed by atoms with Gasteiger partial charge in [0.2, 0.25) is 5.89 Å². The molecule has 0 aliphatic heterocycles. The van der Waals surface area contributed by atoms with Crippen molar-refractivity contribution in [2.24, 2.45) is 5.16 Å². The second-order valence-corrected chi connectivity index (χ2v) is 5.20. The summed E-state index contributed by atoms with van der Waals surface area (Å²) in [5.74, 6) is 1.20. The van der Waals surface area contributed by atoms with Gasteiger partial charge < -0.3 is 14.0 Å². The Morgan fingerprint density at radius 1 is 1.23 bits per heavy atom. The average Bonchev–Trinajstić information content (AvgIpc) is 3.14. The maximum absolute atomic E-state index is 10.9. The van der Waals surface area contributed by atoms with Gasteiger partial charge in [0.25, 0.3) is 5.69 Å². The molecular formula is C18H15N3O5. The van der Waals surface area contributed by atoms with Gasteiger partial charge in [0.1, 0.15) is 17.7 Å². The number of nitro benzene ring substituents is 1. The number of aromatic nitrogens is 1. The topological polar surface area (TPSA) is 100.0 Å². The highest BCUT2D eigenvalue weighted by molar-refractivity contribution is 5.84. The minimum Gasteiger partial charge on any atom is -0.497 e. The number of nitro groups is 1. The summed E-state index contributed by atoms with van der Waals surface area (Å²) in [6.45, 7) is 0.0801. The zero-order valence-corrected chi connectivity index (χ0v) is 13.9. The van der Waals surface area contributed by atoms with Gasteiger partial charge in [-0.25, -0.2) is 4.98 Å². The lowest BCUT2D eigenvalue weighted by atomic mass is 10.2. The second kappa shape index (κ2) is 7.93. The van der Waals surface area contributed by atoms with Gasteiger partial charge in [-0.3, -0.25) is 10.1 Å². The second-order valence-electron chi connectivity index (χ2n) is 5.20. The Morgan fingerprint density at radius 3 is 2.73 bits per heavy atom. The molecule has 3 aromatic rings. The minimum absolute atomic E-state index is 0.0388. The van der Waals surface area contributed by atoms with Crippen LogP contribution in [-0.2, 0) is 11.4 Å². The van der Waals surface area contributed by atoms with Gasteiger partial charge in [-0.15, -0.1) is 0 Å². The van der Waals surface area contributed by atoms with Crippen molar-refractivity contribution in [1.82, 2.24) is 4.98 Å². The first-order valence-electron chi connectivity index (χ1n) is 7.65. The third-order valence-electron chi connectivity index (χ3n) is 3.50. The van der Waals surface area contributed by atoms with Crippen molar-refractivity contribution >= 4 is 11.9 Å². The predicted molar refractivity (Wildman–Crippen MR) is 94.0 cm³/mol. The van der Waals surface area contributed by atoms with Crippen LogP contribution in [0.1, 0.15) is 11.3 Å². The fraction of sp³-hybridized carbons (Fsp3) is 0.111. The van der Waals surface area contributed by atoms with Crippen molar-refractivity contribution in [2.75, 3.05) is 7.11 Å². The number of oxime groups is 1. The Hall–Kier alpha value is -3.68. The molecule has 0 radical (unpaired) electrons. The van der Waals surface area contributed by atoms with Crippen LogP contribution in [0.25, 0.3) is 11.5 Å². The molecule has 0 atom stereocenters. The summed E-state index contributed by atoms with van der Waals surface area (Å²) in [6, 6.07) is 13.6. The molecule has 0 aliphatic rings. The highest BCUT2D eigenvalue weighted by Crippen LogP contribution is 2.22. The molecule has 132 valence electrons. The first kappa shape index (κ1) is 17.2. The van der Waals surface area contributed by atoms with Gasteiger partial charge in [0, 0.05) is 11.6 Å². The Kier molecular flexibility index (Phi) is 5.23. The van der Waals surface area contributed by atoms with E-state index in [1.165, 1.54) is 18.5 Å². The van der Waals surface area contributed by atoms with Crippen molar-refractivity contribution in [1.29, 1.82) is 0 Å². The van der Waals surface area contributed by atoms with E-state index in [9.17, 15) is 10.1 Å². The van der Waals surface area contributed by atoms with Crippen LogP contribution >= 0.6 is 0 Å². The van der Waals surface area contributed by atoms with Crippen molar-refractivity contribution in [3.63, 3.8) is 0 Å². The Labute approximate surface area is 148 Å². The van der Waals surface area contributed by atoms with Crippen LogP contribution < -0.4 is 4.74 Å². The van der Waals surface area contributed by atoms with E-state index in [-0.39, 0.29) is 12.3 Å². The molecule has 0 aliphatic carbocycles. The van der Waals surface area contributed by atoms with E-state index in [0.717, 1.165) is 11.3 Å². The molecule has 26 heavy (non-hydrogen) atoms. The van der Waals surface area contributed by atoms with E-state index in [1.54, 1.807) is 25.3 Å². The highest BCUT2D eigenvalue weighted by atomic mass is 16.6. The number of oxazole rings is 1. The molecule has 0 N–H and O–H groups in total. The number of benzene rings is 2. The molecule has 0 amide bonds. The van der Waals surface area contributed by atoms with Gasteiger partial charge >= 0.3 is 0 Å². The van der Waals surface area contributed by atoms with Crippen molar-refractivity contribution in [3.05, 3.63) is 76.2 Å². The number of hydrogen-bond acceptors (Lipinski definition) is 7. The number of rotatable bonds is 7. The van der Waals surface area contributed by atoms with Gasteiger partial charge in [-0.2, -0.15) is 0 Å². The number of methoxy groups -OCH3 is 1. The molecule has 0 saturated carbocycles. The van der Waals surface area contributed by atoms with E-state index in [1.807, 2.05) is 24.3 Å². The Morgan fingerprint density at radius 2 is 2.00 bits per heavy atom. The summed E-state index contributed by atoms with van der Waals surface area (Å²) in [5, 5.41) is 14.7. The predicted octanol–water partition coefficient (Wildman–Crippen LogP) is 3.81. The summed E-state index contributed by atoms with van der Waals surface area (Å²) < 4.78 is 10.5. The normalized spacial score (nSPS) is 10.8. The number of hydrogen-bond donors (Lipinski definition) is 0. The number of nitrogens with zero attached hydrogens (tertiary/aromatic N) is 3. The molecular weight excluding hydrogens is 338 g/mol. The maximum atomic E-state index is 10.9. The quantitative estimate of drug-likeness (QED) is 0.364. The zero-order valence-electron chi connectivity index (χ0n) is 13.9. The zero-order chi connectivity index (χ0) is 18.4.